The first kappa shape index (κ1) is 6.07. The number of β-lactam (4-membered cyclic amide) rings is 1. The maximum Gasteiger partial charge on any atom is 0.305 e. The molecule has 0 aromatic carbocycles. The summed E-state index contributed by atoms with van der Waals surface area (Å²) in [5, 5.41) is 10.6. The summed E-state index contributed by atoms with van der Waals surface area (Å²) in [4.78, 5) is 20.1. The van der Waals surface area contributed by atoms with Crippen LogP contribution in [0.25, 0.3) is 0 Å². The highest BCUT2D eigenvalue weighted by molar-refractivity contribution is 5.84. The van der Waals surface area contributed by atoms with Gasteiger partial charge in [-0.3, -0.25) is 9.59 Å². The van der Waals surface area contributed by atoms with Gasteiger partial charge < -0.3 is 10.4 Å². The predicted molar refractivity (Wildman–Crippen MR) is 28.8 cm³/mol. The highest BCUT2D eigenvalue weighted by Crippen LogP contribution is 2.07. The lowest BCUT2D eigenvalue weighted by molar-refractivity contribution is -0.139. The largest absolute Gasteiger partial charge is 0.481 e. The van der Waals surface area contributed by atoms with Gasteiger partial charge in [-0.25, -0.2) is 0 Å². The molecule has 1 rings (SSSR count). The van der Waals surface area contributed by atoms with Gasteiger partial charge in [0, 0.05) is 12.5 Å². The summed E-state index contributed by atoms with van der Waals surface area (Å²) in [6, 6.07) is -0.116. The highest BCUT2D eigenvalue weighted by atomic mass is 16.4. The van der Waals surface area contributed by atoms with Crippen molar-refractivity contribution in [3.05, 3.63) is 0 Å². The average molecular weight is 129 g/mol. The van der Waals surface area contributed by atoms with Gasteiger partial charge in [0.05, 0.1) is 6.42 Å². The molecule has 50 valence electrons. The molecular formula is C5H7NO3. The minimum atomic E-state index is -0.861. The van der Waals surface area contributed by atoms with Crippen LogP contribution in [-0.4, -0.2) is 23.0 Å². The van der Waals surface area contributed by atoms with Gasteiger partial charge in [0.2, 0.25) is 5.91 Å². The maximum absolute atomic E-state index is 10.2. The molecule has 4 nitrogen and oxygen atoms in total. The van der Waals surface area contributed by atoms with Crippen LogP contribution >= 0.6 is 0 Å². The molecule has 0 aliphatic carbocycles. The molecule has 0 aromatic rings. The summed E-state index contributed by atoms with van der Waals surface area (Å²) in [6.45, 7) is 0. The number of carboxylic acids is 1. The molecule has 0 spiro atoms. The molecule has 1 fully saturated rings. The lowest BCUT2D eigenvalue weighted by atomic mass is 10.0. The van der Waals surface area contributed by atoms with E-state index in [1.807, 2.05) is 0 Å². The van der Waals surface area contributed by atoms with Crippen molar-refractivity contribution in [3.63, 3.8) is 0 Å². The Balaban J connectivity index is 2.18. The van der Waals surface area contributed by atoms with Crippen LogP contribution in [-0.2, 0) is 9.59 Å². The number of rotatable bonds is 2. The zero-order valence-corrected chi connectivity index (χ0v) is 4.76. The van der Waals surface area contributed by atoms with Crippen molar-refractivity contribution >= 4 is 11.9 Å². The van der Waals surface area contributed by atoms with Crippen LogP contribution in [0.5, 0.6) is 0 Å². The molecule has 0 bridgehead atoms. The molecule has 1 amide bonds. The van der Waals surface area contributed by atoms with Gasteiger partial charge in [-0.1, -0.05) is 0 Å². The fraction of sp³-hybridized carbons (Fsp3) is 0.600. The molecule has 1 heterocycles. The summed E-state index contributed by atoms with van der Waals surface area (Å²) in [6.07, 6.45) is 0.415. The molecule has 0 saturated carbocycles. The molecule has 1 aliphatic rings. The molecular weight excluding hydrogens is 122 g/mol. The summed E-state index contributed by atoms with van der Waals surface area (Å²) in [5.74, 6) is -0.916. The molecule has 1 saturated heterocycles. The Kier molecular flexibility index (Phi) is 1.38. The number of carbonyl (C=O) groups excluding carboxylic acids is 1. The van der Waals surface area contributed by atoms with E-state index in [0.717, 1.165) is 0 Å². The minimum Gasteiger partial charge on any atom is -0.481 e. The first-order valence-corrected chi connectivity index (χ1v) is 2.69. The van der Waals surface area contributed by atoms with Crippen molar-refractivity contribution in [2.45, 2.75) is 18.9 Å². The topological polar surface area (TPSA) is 66.4 Å². The highest BCUT2D eigenvalue weighted by Gasteiger charge is 2.26. The second-order valence-corrected chi connectivity index (χ2v) is 2.07. The number of carbonyl (C=O) groups is 2. The number of hydrogen-bond donors (Lipinski definition) is 2. The third-order valence-corrected chi connectivity index (χ3v) is 1.22. The van der Waals surface area contributed by atoms with Crippen LogP contribution in [0.2, 0.25) is 0 Å². The molecule has 1 atom stereocenters. The molecule has 4 heteroatoms. The van der Waals surface area contributed by atoms with Gasteiger partial charge in [0.1, 0.15) is 0 Å². The number of aliphatic carboxylic acids is 1. The molecule has 1 aliphatic heterocycles. The number of amides is 1. The Hall–Kier alpha value is -1.06. The fourth-order valence-electron chi connectivity index (χ4n) is 0.764. The van der Waals surface area contributed by atoms with Crippen molar-refractivity contribution in [1.82, 2.24) is 5.32 Å². The maximum atomic E-state index is 10.2. The summed E-state index contributed by atoms with van der Waals surface area (Å²) in [7, 11) is 0. The zero-order valence-electron chi connectivity index (χ0n) is 4.76. The second-order valence-electron chi connectivity index (χ2n) is 2.07. The third kappa shape index (κ3) is 1.42. The van der Waals surface area contributed by atoms with E-state index in [9.17, 15) is 9.59 Å². The molecule has 9 heavy (non-hydrogen) atoms. The summed E-state index contributed by atoms with van der Waals surface area (Å²) in [5.41, 5.74) is 0. The minimum absolute atomic E-state index is 0.0474. The standard InChI is InChI=1S/C5H7NO3/c7-4-1-3(6-4)2-5(8)9/h3H,1-2H2,(H,6,7)(H,8,9)/t3-/m0/s1. The van der Waals surface area contributed by atoms with Gasteiger partial charge >= 0.3 is 5.97 Å². The summed E-state index contributed by atoms with van der Waals surface area (Å²) < 4.78 is 0. The van der Waals surface area contributed by atoms with E-state index in [2.05, 4.69) is 5.32 Å². The monoisotopic (exact) mass is 129 g/mol. The second kappa shape index (κ2) is 2.05. The predicted octanol–water partition coefficient (Wildman–Crippen LogP) is -0.650. The van der Waals surface area contributed by atoms with E-state index in [-0.39, 0.29) is 18.4 Å². The Bertz CT molecular complexity index is 146. The van der Waals surface area contributed by atoms with Crippen molar-refractivity contribution < 1.29 is 14.7 Å². The molecule has 0 unspecified atom stereocenters. The Morgan fingerprint density at radius 1 is 1.89 bits per heavy atom. The van der Waals surface area contributed by atoms with Crippen molar-refractivity contribution in [2.24, 2.45) is 0 Å². The van der Waals surface area contributed by atoms with Gasteiger partial charge in [0.15, 0.2) is 0 Å². The smallest absolute Gasteiger partial charge is 0.305 e. The Labute approximate surface area is 51.9 Å². The number of hydrogen-bond acceptors (Lipinski definition) is 2. The SMILES string of the molecule is O=C(O)C[C@@H]1CC(=O)N1. The van der Waals surface area contributed by atoms with Crippen LogP contribution < -0.4 is 5.32 Å². The molecule has 0 radical (unpaired) electrons. The number of carboxylic acid groups (broad SMARTS) is 1. The first-order valence-electron chi connectivity index (χ1n) is 2.69. The Morgan fingerprint density at radius 3 is 2.78 bits per heavy atom. The zero-order chi connectivity index (χ0) is 6.85. The van der Waals surface area contributed by atoms with Gasteiger partial charge in [-0.15, -0.1) is 0 Å². The quantitative estimate of drug-likeness (QED) is 0.487. The van der Waals surface area contributed by atoms with Crippen LogP contribution in [0, 0.1) is 0 Å². The van der Waals surface area contributed by atoms with Gasteiger partial charge in [-0.2, -0.15) is 0 Å². The normalized spacial score (nSPS) is 24.4. The van der Waals surface area contributed by atoms with Crippen LogP contribution in [0.4, 0.5) is 0 Å². The van der Waals surface area contributed by atoms with Gasteiger partial charge in [0.25, 0.3) is 0 Å². The lowest BCUT2D eigenvalue weighted by Gasteiger charge is -2.24. The lowest BCUT2D eigenvalue weighted by Crippen LogP contribution is -2.49. The van der Waals surface area contributed by atoms with Crippen molar-refractivity contribution in [3.8, 4) is 0 Å². The fourth-order valence-corrected chi connectivity index (χ4v) is 0.764. The third-order valence-electron chi connectivity index (χ3n) is 1.22. The molecule has 0 aromatic heterocycles. The van der Waals surface area contributed by atoms with E-state index in [1.54, 1.807) is 0 Å². The summed E-state index contributed by atoms with van der Waals surface area (Å²) >= 11 is 0. The van der Waals surface area contributed by atoms with E-state index in [1.165, 1.54) is 0 Å². The van der Waals surface area contributed by atoms with Crippen LogP contribution in [0.3, 0.4) is 0 Å². The Morgan fingerprint density at radius 2 is 2.44 bits per heavy atom. The average Bonchev–Trinajstić information content (AvgIpc) is 1.60. The number of nitrogens with one attached hydrogen (secondary N) is 1. The van der Waals surface area contributed by atoms with E-state index < -0.39 is 5.97 Å². The molecule has 2 N–H and O–H groups in total. The van der Waals surface area contributed by atoms with Crippen LogP contribution in [0.1, 0.15) is 12.8 Å². The van der Waals surface area contributed by atoms with E-state index >= 15 is 0 Å². The van der Waals surface area contributed by atoms with Crippen molar-refractivity contribution in [2.75, 3.05) is 0 Å². The van der Waals surface area contributed by atoms with Gasteiger partial charge in [-0.05, 0) is 0 Å². The van der Waals surface area contributed by atoms with E-state index in [4.69, 9.17) is 5.11 Å². The first-order chi connectivity index (χ1) is 4.18. The van der Waals surface area contributed by atoms with Crippen molar-refractivity contribution in [1.29, 1.82) is 0 Å². The van der Waals surface area contributed by atoms with Crippen LogP contribution in [0.15, 0.2) is 0 Å². The van der Waals surface area contributed by atoms with E-state index in [0.29, 0.717) is 6.42 Å².